The van der Waals surface area contributed by atoms with E-state index >= 15 is 8.78 Å². The van der Waals surface area contributed by atoms with Gasteiger partial charge in [0.1, 0.15) is 18.0 Å². The summed E-state index contributed by atoms with van der Waals surface area (Å²) in [5.74, 6) is -3.71. The number of fused-ring (bicyclic) bond motifs is 5. The normalized spacial score (nSPS) is 51.5. The van der Waals surface area contributed by atoms with E-state index in [2.05, 4.69) is 0 Å². The number of aliphatic hydroxyl groups is 3. The maximum absolute atomic E-state index is 16.9. The molecule has 0 spiro atoms. The van der Waals surface area contributed by atoms with E-state index in [1.807, 2.05) is 0 Å². The van der Waals surface area contributed by atoms with Gasteiger partial charge in [0.15, 0.2) is 17.2 Å². The Hall–Kier alpha value is -1.44. The smallest absolute Gasteiger partial charge is 0.190 e. The molecule has 2 unspecified atom stereocenters. The number of halogens is 2. The van der Waals surface area contributed by atoms with Gasteiger partial charge in [0.25, 0.3) is 0 Å². The third-order valence-electron chi connectivity index (χ3n) is 8.81. The van der Waals surface area contributed by atoms with Crippen molar-refractivity contribution in [2.45, 2.75) is 63.8 Å². The summed E-state index contributed by atoms with van der Waals surface area (Å²) in [4.78, 5) is 24.4. The van der Waals surface area contributed by atoms with Crippen LogP contribution in [-0.4, -0.2) is 50.9 Å². The Kier molecular flexibility index (Phi) is 4.34. The summed E-state index contributed by atoms with van der Waals surface area (Å²) >= 11 is 0. The van der Waals surface area contributed by atoms with Gasteiger partial charge in [0.2, 0.25) is 0 Å². The molecular formula is C22H28F2O5. The van der Waals surface area contributed by atoms with E-state index < -0.39 is 64.2 Å². The first-order valence-electron chi connectivity index (χ1n) is 10.2. The molecule has 0 heterocycles. The molecule has 4 aliphatic carbocycles. The number of hydrogen-bond acceptors (Lipinski definition) is 5. The van der Waals surface area contributed by atoms with Gasteiger partial charge in [-0.05, 0) is 43.3 Å². The lowest BCUT2D eigenvalue weighted by Gasteiger charge is -2.62. The SMILES string of the molecule is C[C@H]1CC2C3CC(F)=C4CC(=O)C=C[C@]4(C)[C@@]3(F)[C@@H](O)C[C@]2(C)[C@@]1(O)C(=O)CO. The van der Waals surface area contributed by atoms with Crippen LogP contribution in [0.25, 0.3) is 0 Å². The van der Waals surface area contributed by atoms with Crippen LogP contribution < -0.4 is 0 Å². The van der Waals surface area contributed by atoms with Crippen molar-refractivity contribution in [2.24, 2.45) is 28.6 Å². The quantitative estimate of drug-likeness (QED) is 0.649. The number of hydrogen-bond donors (Lipinski definition) is 3. The fourth-order valence-corrected chi connectivity index (χ4v) is 7.23. The number of ketones is 2. The van der Waals surface area contributed by atoms with E-state index in [0.717, 1.165) is 0 Å². The molecule has 3 N–H and O–H groups in total. The summed E-state index contributed by atoms with van der Waals surface area (Å²) in [6.07, 6.45) is 0.653. The summed E-state index contributed by atoms with van der Waals surface area (Å²) < 4.78 is 32.1. The molecule has 0 radical (unpaired) electrons. The number of aliphatic hydroxyl groups excluding tert-OH is 2. The Morgan fingerprint density at radius 1 is 1.31 bits per heavy atom. The summed E-state index contributed by atoms with van der Waals surface area (Å²) in [6.45, 7) is 3.97. The molecule has 0 bridgehead atoms. The minimum atomic E-state index is -2.23. The molecule has 2 saturated carbocycles. The van der Waals surface area contributed by atoms with Gasteiger partial charge in [-0.3, -0.25) is 9.59 Å². The summed E-state index contributed by atoms with van der Waals surface area (Å²) in [5.41, 5.74) is -6.74. The zero-order valence-corrected chi connectivity index (χ0v) is 16.9. The first-order valence-corrected chi connectivity index (χ1v) is 10.2. The maximum Gasteiger partial charge on any atom is 0.190 e. The zero-order chi connectivity index (χ0) is 21.6. The summed E-state index contributed by atoms with van der Waals surface area (Å²) in [7, 11) is 0. The Morgan fingerprint density at radius 3 is 2.59 bits per heavy atom. The standard InChI is InChI=1S/C22H28F2O5/c1-11-6-13-14-8-16(23)15-7-12(26)4-5-19(15,2)21(14,24)17(27)9-20(13,3)22(11,29)18(28)10-25/h4-5,11,13-14,17,25,27,29H,6-10H2,1-3H3/t11-,13?,14?,17-,19-,20-,21-,22-/m0/s1. The van der Waals surface area contributed by atoms with Crippen LogP contribution in [-0.2, 0) is 9.59 Å². The van der Waals surface area contributed by atoms with Gasteiger partial charge in [-0.15, -0.1) is 0 Å². The van der Waals surface area contributed by atoms with E-state index in [4.69, 9.17) is 0 Å². The molecule has 8 atom stereocenters. The third-order valence-corrected chi connectivity index (χ3v) is 8.81. The van der Waals surface area contributed by atoms with Gasteiger partial charge in [-0.25, -0.2) is 8.78 Å². The van der Waals surface area contributed by atoms with Gasteiger partial charge in [-0.2, -0.15) is 0 Å². The molecule has 5 nitrogen and oxygen atoms in total. The Morgan fingerprint density at radius 2 is 1.97 bits per heavy atom. The van der Waals surface area contributed by atoms with Crippen molar-refractivity contribution in [1.82, 2.24) is 0 Å². The molecule has 4 rings (SSSR count). The Labute approximate surface area is 168 Å². The first kappa shape index (κ1) is 20.8. The van der Waals surface area contributed by atoms with Crippen molar-refractivity contribution in [2.75, 3.05) is 6.61 Å². The van der Waals surface area contributed by atoms with Crippen LogP contribution in [0.15, 0.2) is 23.6 Å². The Bertz CT molecular complexity index is 852. The molecule has 0 saturated heterocycles. The molecule has 0 aromatic heterocycles. The highest BCUT2D eigenvalue weighted by Gasteiger charge is 2.75. The van der Waals surface area contributed by atoms with Gasteiger partial charge < -0.3 is 15.3 Å². The van der Waals surface area contributed by atoms with E-state index in [1.165, 1.54) is 19.1 Å². The predicted molar refractivity (Wildman–Crippen MR) is 100.0 cm³/mol. The molecule has 0 aliphatic heterocycles. The van der Waals surface area contributed by atoms with E-state index in [-0.39, 0.29) is 37.0 Å². The minimum Gasteiger partial charge on any atom is -0.390 e. The Balaban J connectivity index is 1.89. The van der Waals surface area contributed by atoms with Gasteiger partial charge >= 0.3 is 0 Å². The van der Waals surface area contributed by atoms with Gasteiger partial charge in [-0.1, -0.05) is 19.9 Å². The lowest BCUT2D eigenvalue weighted by atomic mass is 9.45. The predicted octanol–water partition coefficient (Wildman–Crippen LogP) is 2.19. The molecule has 0 amide bonds. The molecule has 7 heteroatoms. The highest BCUT2D eigenvalue weighted by Crippen LogP contribution is 2.71. The fourth-order valence-electron chi connectivity index (χ4n) is 7.23. The highest BCUT2D eigenvalue weighted by molar-refractivity contribution is 5.94. The van der Waals surface area contributed by atoms with Crippen LogP contribution in [0.1, 0.15) is 46.5 Å². The van der Waals surface area contributed by atoms with Gasteiger partial charge in [0, 0.05) is 29.6 Å². The fraction of sp³-hybridized carbons (Fsp3) is 0.727. The monoisotopic (exact) mass is 410 g/mol. The highest BCUT2D eigenvalue weighted by atomic mass is 19.1. The molecule has 29 heavy (non-hydrogen) atoms. The van der Waals surface area contributed by atoms with Crippen LogP contribution in [0.3, 0.4) is 0 Å². The lowest BCUT2D eigenvalue weighted by Crippen LogP contribution is -2.69. The molecular weight excluding hydrogens is 382 g/mol. The second-order valence-corrected chi connectivity index (χ2v) is 9.87. The second kappa shape index (κ2) is 6.05. The van der Waals surface area contributed by atoms with Crippen LogP contribution in [0.4, 0.5) is 8.78 Å². The van der Waals surface area contributed by atoms with Crippen molar-refractivity contribution >= 4 is 11.6 Å². The van der Waals surface area contributed by atoms with Crippen molar-refractivity contribution in [3.63, 3.8) is 0 Å². The molecule has 2 fully saturated rings. The topological polar surface area (TPSA) is 94.8 Å². The molecule has 4 aliphatic rings. The third kappa shape index (κ3) is 2.19. The number of allylic oxidation sites excluding steroid dienone is 4. The van der Waals surface area contributed by atoms with Crippen LogP contribution >= 0.6 is 0 Å². The van der Waals surface area contributed by atoms with E-state index in [9.17, 15) is 24.9 Å². The summed E-state index contributed by atoms with van der Waals surface area (Å²) in [6, 6.07) is 0. The first-order chi connectivity index (χ1) is 13.4. The van der Waals surface area contributed by atoms with Crippen molar-refractivity contribution < 1.29 is 33.7 Å². The lowest BCUT2D eigenvalue weighted by molar-refractivity contribution is -0.217. The van der Waals surface area contributed by atoms with Gasteiger partial charge in [0.05, 0.1) is 6.10 Å². The molecule has 160 valence electrons. The van der Waals surface area contributed by atoms with E-state index in [1.54, 1.807) is 13.8 Å². The van der Waals surface area contributed by atoms with Crippen molar-refractivity contribution in [1.29, 1.82) is 0 Å². The van der Waals surface area contributed by atoms with Crippen molar-refractivity contribution in [3.05, 3.63) is 23.6 Å². The largest absolute Gasteiger partial charge is 0.390 e. The minimum absolute atomic E-state index is 0.0825. The number of rotatable bonds is 2. The van der Waals surface area contributed by atoms with Crippen LogP contribution in [0.2, 0.25) is 0 Å². The number of carbonyl (C=O) groups excluding carboxylic acids is 2. The molecule has 0 aromatic rings. The number of Topliss-reactive ketones (excluding diaryl/α,β-unsaturated/α-hetero) is 1. The number of carbonyl (C=O) groups is 2. The average Bonchev–Trinajstić information content (AvgIpc) is 2.86. The molecule has 0 aromatic carbocycles. The van der Waals surface area contributed by atoms with E-state index in [0.29, 0.717) is 0 Å². The average molecular weight is 410 g/mol. The summed E-state index contributed by atoms with van der Waals surface area (Å²) in [5, 5.41) is 31.9. The maximum atomic E-state index is 16.9. The van der Waals surface area contributed by atoms with Crippen LogP contribution in [0, 0.1) is 28.6 Å². The van der Waals surface area contributed by atoms with Crippen molar-refractivity contribution in [3.8, 4) is 0 Å². The zero-order valence-electron chi connectivity index (χ0n) is 16.9. The van der Waals surface area contributed by atoms with Crippen LogP contribution in [0.5, 0.6) is 0 Å². The second-order valence-electron chi connectivity index (χ2n) is 9.87. The number of alkyl halides is 1.